The van der Waals surface area contributed by atoms with Crippen molar-refractivity contribution >= 4 is 12.3 Å². The predicted octanol–water partition coefficient (Wildman–Crippen LogP) is 1.12. The number of carbonyl (C=O) groups is 2. The minimum absolute atomic E-state index is 0.130. The summed E-state index contributed by atoms with van der Waals surface area (Å²) >= 11 is 0. The lowest BCUT2D eigenvalue weighted by atomic mass is 10.1. The van der Waals surface area contributed by atoms with Gasteiger partial charge in [0.2, 0.25) is 0 Å². The molecule has 0 radical (unpaired) electrons. The van der Waals surface area contributed by atoms with E-state index < -0.39 is 5.97 Å². The first-order valence-corrected chi connectivity index (χ1v) is 4.65. The average molecular weight is 218 g/mol. The number of phenols is 1. The zero-order chi connectivity index (χ0) is 12.0. The lowest BCUT2D eigenvalue weighted by Crippen LogP contribution is -2.00. The Balaban J connectivity index is 3.04. The van der Waals surface area contributed by atoms with Gasteiger partial charge in [0.1, 0.15) is 5.75 Å². The molecule has 0 aromatic heterocycles. The van der Waals surface area contributed by atoms with Crippen molar-refractivity contribution in [3.05, 3.63) is 29.3 Å². The molecule has 0 saturated heterocycles. The van der Waals surface area contributed by atoms with Crippen molar-refractivity contribution in [3.8, 4) is 17.6 Å². The van der Waals surface area contributed by atoms with E-state index in [-0.39, 0.29) is 23.5 Å². The van der Waals surface area contributed by atoms with Crippen LogP contribution < -0.4 is 0 Å². The Hall–Kier alpha value is -2.28. The van der Waals surface area contributed by atoms with Crippen molar-refractivity contribution in [1.29, 1.82) is 0 Å². The van der Waals surface area contributed by atoms with Gasteiger partial charge >= 0.3 is 5.97 Å². The van der Waals surface area contributed by atoms with Gasteiger partial charge in [-0.15, -0.1) is 0 Å². The third kappa shape index (κ3) is 2.85. The highest BCUT2D eigenvalue weighted by Crippen LogP contribution is 2.18. The minimum Gasteiger partial charge on any atom is -0.507 e. The molecular weight excluding hydrogens is 208 g/mol. The summed E-state index contributed by atoms with van der Waals surface area (Å²) in [5, 5.41) is 9.45. The van der Waals surface area contributed by atoms with Crippen LogP contribution in [0, 0.1) is 11.8 Å². The van der Waals surface area contributed by atoms with Gasteiger partial charge in [-0.1, -0.05) is 18.1 Å². The van der Waals surface area contributed by atoms with Gasteiger partial charge in [-0.05, 0) is 13.0 Å². The summed E-state index contributed by atoms with van der Waals surface area (Å²) in [7, 11) is 0. The monoisotopic (exact) mass is 218 g/mol. The van der Waals surface area contributed by atoms with E-state index >= 15 is 0 Å². The van der Waals surface area contributed by atoms with Gasteiger partial charge < -0.3 is 9.84 Å². The van der Waals surface area contributed by atoms with Crippen molar-refractivity contribution in [2.45, 2.75) is 6.92 Å². The number of phenolic OH excluding ortho intramolecular Hbond substituents is 1. The third-order valence-corrected chi connectivity index (χ3v) is 1.77. The molecule has 0 amide bonds. The molecule has 1 aromatic carbocycles. The summed E-state index contributed by atoms with van der Waals surface area (Å²) in [5.74, 6) is 3.77. The molecule has 0 heterocycles. The Labute approximate surface area is 92.9 Å². The van der Waals surface area contributed by atoms with Gasteiger partial charge in [-0.25, -0.2) is 4.79 Å². The van der Waals surface area contributed by atoms with Crippen molar-refractivity contribution < 1.29 is 19.4 Å². The van der Waals surface area contributed by atoms with Crippen LogP contribution in [0.1, 0.15) is 22.8 Å². The third-order valence-electron chi connectivity index (χ3n) is 1.77. The van der Waals surface area contributed by atoms with Crippen LogP contribution in [0.5, 0.6) is 5.75 Å². The summed E-state index contributed by atoms with van der Waals surface area (Å²) < 4.78 is 4.59. The standard InChI is InChI=1S/C12H10O4/c1-2-16-12(15)7-6-10-9(8-13)4-3-5-11(10)14/h3-5,8,14H,2H2,1H3. The quantitative estimate of drug-likeness (QED) is 0.459. The fourth-order valence-electron chi connectivity index (χ4n) is 1.07. The molecule has 4 heteroatoms. The Morgan fingerprint density at radius 1 is 1.56 bits per heavy atom. The molecular formula is C12H10O4. The molecule has 1 N–H and O–H groups in total. The summed E-state index contributed by atoms with van der Waals surface area (Å²) in [5.41, 5.74) is 0.363. The maximum Gasteiger partial charge on any atom is 0.384 e. The lowest BCUT2D eigenvalue weighted by Gasteiger charge is -1.98. The van der Waals surface area contributed by atoms with Crippen molar-refractivity contribution in [3.63, 3.8) is 0 Å². The molecule has 0 aliphatic rings. The molecule has 4 nitrogen and oxygen atoms in total. The average Bonchev–Trinajstić information content (AvgIpc) is 2.27. The molecule has 0 unspecified atom stereocenters. The summed E-state index contributed by atoms with van der Waals surface area (Å²) in [6.07, 6.45) is 0.564. The molecule has 0 fully saturated rings. The van der Waals surface area contributed by atoms with E-state index in [1.54, 1.807) is 6.92 Å². The number of aromatic hydroxyl groups is 1. The Bertz CT molecular complexity index is 466. The molecule has 0 atom stereocenters. The van der Waals surface area contributed by atoms with Gasteiger partial charge in [0, 0.05) is 11.5 Å². The van der Waals surface area contributed by atoms with Crippen LogP contribution in [-0.2, 0) is 9.53 Å². The van der Waals surface area contributed by atoms with Crippen LogP contribution in [0.25, 0.3) is 0 Å². The topological polar surface area (TPSA) is 63.6 Å². The number of carbonyl (C=O) groups excluding carboxylic acids is 2. The van der Waals surface area contributed by atoms with Gasteiger partial charge in [0.15, 0.2) is 6.29 Å². The van der Waals surface area contributed by atoms with E-state index in [1.807, 2.05) is 0 Å². The largest absolute Gasteiger partial charge is 0.507 e. The Morgan fingerprint density at radius 2 is 2.31 bits per heavy atom. The highest BCUT2D eigenvalue weighted by atomic mass is 16.5. The molecule has 1 aromatic rings. The van der Waals surface area contributed by atoms with E-state index in [0.717, 1.165) is 0 Å². The highest BCUT2D eigenvalue weighted by molar-refractivity contribution is 5.90. The number of aldehydes is 1. The smallest absolute Gasteiger partial charge is 0.384 e. The summed E-state index contributed by atoms with van der Waals surface area (Å²) in [6.45, 7) is 1.89. The fourth-order valence-corrected chi connectivity index (χ4v) is 1.07. The molecule has 0 aliphatic heterocycles. The van der Waals surface area contributed by atoms with Crippen molar-refractivity contribution in [2.75, 3.05) is 6.61 Å². The van der Waals surface area contributed by atoms with E-state index in [2.05, 4.69) is 16.6 Å². The van der Waals surface area contributed by atoms with E-state index in [0.29, 0.717) is 6.29 Å². The Morgan fingerprint density at radius 3 is 2.94 bits per heavy atom. The number of benzene rings is 1. The number of ether oxygens (including phenoxy) is 1. The first kappa shape index (κ1) is 11.8. The molecule has 0 bridgehead atoms. The van der Waals surface area contributed by atoms with Crippen LogP contribution in [0.15, 0.2) is 18.2 Å². The van der Waals surface area contributed by atoms with Crippen molar-refractivity contribution in [1.82, 2.24) is 0 Å². The van der Waals surface area contributed by atoms with Crippen LogP contribution in [-0.4, -0.2) is 24.0 Å². The Kier molecular flexibility index (Phi) is 4.10. The second-order valence-electron chi connectivity index (χ2n) is 2.83. The molecule has 1 rings (SSSR count). The molecule has 16 heavy (non-hydrogen) atoms. The zero-order valence-electron chi connectivity index (χ0n) is 8.69. The zero-order valence-corrected chi connectivity index (χ0v) is 8.69. The summed E-state index contributed by atoms with van der Waals surface area (Å²) in [4.78, 5) is 21.6. The first-order valence-electron chi connectivity index (χ1n) is 4.65. The maximum atomic E-state index is 11.0. The number of hydrogen-bond donors (Lipinski definition) is 1. The normalized spacial score (nSPS) is 8.81. The van der Waals surface area contributed by atoms with Crippen molar-refractivity contribution in [2.24, 2.45) is 0 Å². The van der Waals surface area contributed by atoms with Gasteiger partial charge in [0.25, 0.3) is 0 Å². The number of rotatable bonds is 2. The second-order valence-corrected chi connectivity index (χ2v) is 2.83. The van der Waals surface area contributed by atoms with Crippen LogP contribution >= 0.6 is 0 Å². The summed E-state index contributed by atoms with van der Waals surface area (Å²) in [6, 6.07) is 4.42. The van der Waals surface area contributed by atoms with Gasteiger partial charge in [0.05, 0.1) is 12.2 Å². The highest BCUT2D eigenvalue weighted by Gasteiger charge is 2.04. The second kappa shape index (κ2) is 5.56. The van der Waals surface area contributed by atoms with Crippen LogP contribution in [0.4, 0.5) is 0 Å². The number of hydrogen-bond acceptors (Lipinski definition) is 4. The lowest BCUT2D eigenvalue weighted by molar-refractivity contribution is -0.136. The predicted molar refractivity (Wildman–Crippen MR) is 57.0 cm³/mol. The van der Waals surface area contributed by atoms with Gasteiger partial charge in [-0.3, -0.25) is 4.79 Å². The molecule has 0 aliphatic carbocycles. The SMILES string of the molecule is CCOC(=O)C#Cc1c(O)cccc1C=O. The number of esters is 1. The van der Waals surface area contributed by atoms with Gasteiger partial charge in [-0.2, -0.15) is 0 Å². The first-order chi connectivity index (χ1) is 7.69. The molecule has 0 saturated carbocycles. The minimum atomic E-state index is -0.692. The van der Waals surface area contributed by atoms with E-state index in [9.17, 15) is 14.7 Å². The molecule has 0 spiro atoms. The van der Waals surface area contributed by atoms with Crippen LogP contribution in [0.3, 0.4) is 0 Å². The molecule has 82 valence electrons. The maximum absolute atomic E-state index is 11.0. The van der Waals surface area contributed by atoms with E-state index in [4.69, 9.17) is 0 Å². The van der Waals surface area contributed by atoms with E-state index in [1.165, 1.54) is 18.2 Å². The van der Waals surface area contributed by atoms with Crippen LogP contribution in [0.2, 0.25) is 0 Å². The fraction of sp³-hybridized carbons (Fsp3) is 0.167.